The van der Waals surface area contributed by atoms with Gasteiger partial charge in [0, 0.05) is 17.9 Å². The van der Waals surface area contributed by atoms with Crippen molar-refractivity contribution >= 4 is 21.2 Å². The Hall–Kier alpha value is -3.13. The van der Waals surface area contributed by atoms with E-state index in [1.165, 1.54) is 18.2 Å². The van der Waals surface area contributed by atoms with Crippen molar-refractivity contribution in [2.24, 2.45) is 10.9 Å². The van der Waals surface area contributed by atoms with E-state index in [1.54, 1.807) is 31.2 Å². The summed E-state index contributed by atoms with van der Waals surface area (Å²) in [7, 11) is -3.37. The highest BCUT2D eigenvalue weighted by Gasteiger charge is 2.34. The molecule has 198 valence electrons. The molecule has 0 saturated heterocycles. The van der Waals surface area contributed by atoms with Crippen LogP contribution in [0.25, 0.3) is 0 Å². The summed E-state index contributed by atoms with van der Waals surface area (Å²) in [5, 5.41) is 0. The van der Waals surface area contributed by atoms with Crippen LogP contribution in [0.2, 0.25) is 0 Å². The number of aliphatic imine (C=N–C) groups is 1. The number of para-hydroxylation sites is 1. The van der Waals surface area contributed by atoms with E-state index < -0.39 is 21.6 Å². The van der Waals surface area contributed by atoms with Crippen molar-refractivity contribution in [3.8, 4) is 11.5 Å². The van der Waals surface area contributed by atoms with Gasteiger partial charge in [0.15, 0.2) is 9.84 Å². The van der Waals surface area contributed by atoms with Gasteiger partial charge in [-0.3, -0.25) is 4.99 Å². The first-order chi connectivity index (χ1) is 17.4. The van der Waals surface area contributed by atoms with Gasteiger partial charge in [-0.2, -0.15) is 13.2 Å². The van der Waals surface area contributed by atoms with Crippen LogP contribution < -0.4 is 4.74 Å². The van der Waals surface area contributed by atoms with Crippen LogP contribution in [-0.2, 0) is 22.4 Å². The lowest BCUT2D eigenvalue weighted by Gasteiger charge is -2.20. The molecule has 0 spiro atoms. The Balaban J connectivity index is 1.90. The van der Waals surface area contributed by atoms with Crippen molar-refractivity contribution < 1.29 is 26.3 Å². The SMILES string of the molecule is CCCC(=Nc1c(C)cccc1C(F)(F)F)C(CC)Cc1cccc(Oc2cccc(S(C)(=O)=O)c2)c1. The molecule has 0 aliphatic carbocycles. The molecule has 1 atom stereocenters. The quantitative estimate of drug-likeness (QED) is 0.247. The maximum absolute atomic E-state index is 13.7. The minimum atomic E-state index is -4.48. The molecular formula is C29H32F3NO3S. The average Bonchev–Trinajstić information content (AvgIpc) is 2.82. The van der Waals surface area contributed by atoms with Crippen LogP contribution in [0.4, 0.5) is 18.9 Å². The third kappa shape index (κ3) is 7.68. The first kappa shape index (κ1) is 28.4. The summed E-state index contributed by atoms with van der Waals surface area (Å²) in [4.78, 5) is 4.78. The molecule has 1 unspecified atom stereocenters. The van der Waals surface area contributed by atoms with Crippen molar-refractivity contribution in [3.05, 3.63) is 83.4 Å². The molecule has 0 aromatic heterocycles. The number of aryl methyl sites for hydroxylation is 1. The number of rotatable bonds is 10. The van der Waals surface area contributed by atoms with Gasteiger partial charge < -0.3 is 4.74 Å². The van der Waals surface area contributed by atoms with Crippen molar-refractivity contribution in [2.45, 2.75) is 57.5 Å². The zero-order valence-electron chi connectivity index (χ0n) is 21.5. The van der Waals surface area contributed by atoms with E-state index >= 15 is 0 Å². The summed E-state index contributed by atoms with van der Waals surface area (Å²) >= 11 is 0. The van der Waals surface area contributed by atoms with E-state index in [1.807, 2.05) is 32.0 Å². The third-order valence-corrected chi connectivity index (χ3v) is 7.23. The van der Waals surface area contributed by atoms with Crippen molar-refractivity contribution in [1.29, 1.82) is 0 Å². The van der Waals surface area contributed by atoms with Crippen LogP contribution in [-0.4, -0.2) is 20.4 Å². The lowest BCUT2D eigenvalue weighted by atomic mass is 9.89. The lowest BCUT2D eigenvalue weighted by molar-refractivity contribution is -0.137. The summed E-state index contributed by atoms with van der Waals surface area (Å²) in [5.74, 6) is 0.897. The number of alkyl halides is 3. The Labute approximate surface area is 217 Å². The highest BCUT2D eigenvalue weighted by Crippen LogP contribution is 2.39. The number of halogens is 3. The lowest BCUT2D eigenvalue weighted by Crippen LogP contribution is -2.17. The molecule has 3 aromatic carbocycles. The molecule has 0 fully saturated rings. The largest absolute Gasteiger partial charge is 0.457 e. The summed E-state index contributed by atoms with van der Waals surface area (Å²) in [5.41, 5.74) is 1.46. The second-order valence-corrected chi connectivity index (χ2v) is 11.1. The van der Waals surface area contributed by atoms with Gasteiger partial charge in [0.2, 0.25) is 0 Å². The number of nitrogens with zero attached hydrogens (tertiary/aromatic N) is 1. The van der Waals surface area contributed by atoms with E-state index in [-0.39, 0.29) is 16.5 Å². The number of ether oxygens (including phenoxy) is 1. The van der Waals surface area contributed by atoms with Crippen molar-refractivity contribution in [2.75, 3.05) is 6.26 Å². The second-order valence-electron chi connectivity index (χ2n) is 9.13. The Morgan fingerprint density at radius 2 is 1.62 bits per heavy atom. The zero-order valence-corrected chi connectivity index (χ0v) is 22.3. The highest BCUT2D eigenvalue weighted by atomic mass is 32.2. The molecule has 4 nitrogen and oxygen atoms in total. The predicted molar refractivity (Wildman–Crippen MR) is 142 cm³/mol. The van der Waals surface area contributed by atoms with Crippen molar-refractivity contribution in [1.82, 2.24) is 0 Å². The fourth-order valence-electron chi connectivity index (χ4n) is 4.21. The molecule has 8 heteroatoms. The molecule has 0 radical (unpaired) electrons. The van der Waals surface area contributed by atoms with E-state index in [4.69, 9.17) is 4.74 Å². The monoisotopic (exact) mass is 531 g/mol. The average molecular weight is 532 g/mol. The zero-order chi connectivity index (χ0) is 27.2. The maximum Gasteiger partial charge on any atom is 0.418 e. The molecule has 3 aromatic rings. The molecule has 0 heterocycles. The van der Waals surface area contributed by atoms with Crippen LogP contribution in [0.5, 0.6) is 11.5 Å². The van der Waals surface area contributed by atoms with Gasteiger partial charge in [-0.25, -0.2) is 8.42 Å². The summed E-state index contributed by atoms with van der Waals surface area (Å²) in [6.07, 6.45) is -0.677. The Morgan fingerprint density at radius 1 is 0.973 bits per heavy atom. The molecule has 0 bridgehead atoms. The van der Waals surface area contributed by atoms with E-state index in [2.05, 4.69) is 4.99 Å². The fraction of sp³-hybridized carbons (Fsp3) is 0.345. The molecule has 37 heavy (non-hydrogen) atoms. The number of hydrogen-bond acceptors (Lipinski definition) is 4. The van der Waals surface area contributed by atoms with Gasteiger partial charge in [-0.05, 0) is 73.7 Å². The highest BCUT2D eigenvalue weighted by molar-refractivity contribution is 7.90. The Bertz CT molecular complexity index is 1360. The molecule has 0 aliphatic heterocycles. The fourth-order valence-corrected chi connectivity index (χ4v) is 4.87. The number of hydrogen-bond donors (Lipinski definition) is 0. The van der Waals surface area contributed by atoms with Gasteiger partial charge >= 0.3 is 6.18 Å². The summed E-state index contributed by atoms with van der Waals surface area (Å²) in [6, 6.07) is 17.9. The molecular weight excluding hydrogens is 499 g/mol. The minimum absolute atomic E-state index is 0.0141. The first-order valence-electron chi connectivity index (χ1n) is 12.2. The van der Waals surface area contributed by atoms with Crippen LogP contribution in [0.1, 0.15) is 49.8 Å². The normalized spacial score (nSPS) is 13.4. The molecule has 0 amide bonds. The predicted octanol–water partition coefficient (Wildman–Crippen LogP) is 8.35. The molecule has 0 saturated carbocycles. The standard InChI is InChI=1S/C29H32F3NO3S/c1-5-10-27(33-28-20(3)11-7-16-26(28)29(30,31)32)22(6-2)17-21-12-8-13-23(18-21)36-24-14-9-15-25(19-24)37(4,34)35/h7-9,11-16,18-19,22H,5-6,10,17H2,1-4H3. The van der Waals surface area contributed by atoms with Crippen LogP contribution in [0.15, 0.2) is 76.6 Å². The van der Waals surface area contributed by atoms with E-state index in [0.29, 0.717) is 36.3 Å². The van der Waals surface area contributed by atoms with Crippen LogP contribution in [0, 0.1) is 12.8 Å². The second kappa shape index (κ2) is 11.9. The molecule has 3 rings (SSSR count). The maximum atomic E-state index is 13.7. The smallest absolute Gasteiger partial charge is 0.418 e. The molecule has 0 aliphatic rings. The van der Waals surface area contributed by atoms with Crippen LogP contribution in [0.3, 0.4) is 0 Å². The van der Waals surface area contributed by atoms with Crippen molar-refractivity contribution in [3.63, 3.8) is 0 Å². The summed E-state index contributed by atoms with van der Waals surface area (Å²) in [6.45, 7) is 5.65. The van der Waals surface area contributed by atoms with Gasteiger partial charge in [0.25, 0.3) is 0 Å². The third-order valence-electron chi connectivity index (χ3n) is 6.12. The Morgan fingerprint density at radius 3 is 2.24 bits per heavy atom. The minimum Gasteiger partial charge on any atom is -0.457 e. The van der Waals surface area contributed by atoms with Gasteiger partial charge in [0.1, 0.15) is 11.5 Å². The Kier molecular flexibility index (Phi) is 9.18. The number of sulfone groups is 1. The van der Waals surface area contributed by atoms with Gasteiger partial charge in [-0.15, -0.1) is 0 Å². The topological polar surface area (TPSA) is 55.7 Å². The summed E-state index contributed by atoms with van der Waals surface area (Å²) < 4.78 is 70.7. The van der Waals surface area contributed by atoms with Crippen LogP contribution >= 0.6 is 0 Å². The van der Waals surface area contributed by atoms with E-state index in [9.17, 15) is 21.6 Å². The molecule has 0 N–H and O–H groups in total. The first-order valence-corrected chi connectivity index (χ1v) is 14.1. The van der Waals surface area contributed by atoms with E-state index in [0.717, 1.165) is 30.0 Å². The van der Waals surface area contributed by atoms with Gasteiger partial charge in [0.05, 0.1) is 16.1 Å². The van der Waals surface area contributed by atoms with Gasteiger partial charge in [-0.1, -0.05) is 50.6 Å². The number of benzene rings is 3.